The number of carbonyl (C=O) groups is 4. The largest absolute Gasteiger partial charge is 0.463 e. The minimum Gasteiger partial charge on any atom is -0.463 e. The lowest BCUT2D eigenvalue weighted by atomic mass is 10.3. The van der Waals surface area contributed by atoms with E-state index in [1.807, 2.05) is 15.7 Å². The maximum Gasteiger partial charge on any atom is 0.330 e. The maximum atomic E-state index is 12.5. The molecular formula is C30H47N3O10. The molecule has 0 saturated carbocycles. The summed E-state index contributed by atoms with van der Waals surface area (Å²) in [5, 5.41) is 0. The highest BCUT2D eigenvalue weighted by Crippen LogP contribution is 2.05. The van der Waals surface area contributed by atoms with E-state index in [4.69, 9.17) is 28.4 Å². The summed E-state index contributed by atoms with van der Waals surface area (Å²) >= 11 is 0. The van der Waals surface area contributed by atoms with Crippen molar-refractivity contribution in [3.63, 3.8) is 0 Å². The molecule has 0 amide bonds. The fourth-order valence-corrected chi connectivity index (χ4v) is 3.56. The van der Waals surface area contributed by atoms with Crippen LogP contribution >= 0.6 is 0 Å². The SMILES string of the molecule is C=CC(=O)OCC(C)OCC(C)OC(=O)CCN(CCCn1ccnc1)CCC(=O)OCC(C)OCC(C)OC(=O)C=C. The summed E-state index contributed by atoms with van der Waals surface area (Å²) in [6.07, 6.45) is 6.85. The van der Waals surface area contributed by atoms with Crippen LogP contribution in [0.4, 0.5) is 0 Å². The summed E-state index contributed by atoms with van der Waals surface area (Å²) in [7, 11) is 0. The number of hydrogen-bond donors (Lipinski definition) is 0. The molecule has 0 saturated heterocycles. The lowest BCUT2D eigenvalue weighted by molar-refractivity contribution is -0.154. The molecule has 43 heavy (non-hydrogen) atoms. The van der Waals surface area contributed by atoms with Gasteiger partial charge in [0.05, 0.1) is 44.6 Å². The Kier molecular flexibility index (Phi) is 19.2. The van der Waals surface area contributed by atoms with E-state index >= 15 is 0 Å². The molecule has 1 aromatic heterocycles. The van der Waals surface area contributed by atoms with E-state index in [0.29, 0.717) is 19.6 Å². The first kappa shape index (κ1) is 37.5. The van der Waals surface area contributed by atoms with Crippen molar-refractivity contribution in [2.75, 3.05) is 46.1 Å². The molecule has 1 heterocycles. The Bertz CT molecular complexity index is 985. The first-order valence-electron chi connectivity index (χ1n) is 14.4. The quantitative estimate of drug-likeness (QED) is 0.0964. The van der Waals surface area contributed by atoms with Crippen LogP contribution in [0, 0.1) is 0 Å². The molecule has 0 N–H and O–H groups in total. The van der Waals surface area contributed by atoms with E-state index in [0.717, 1.165) is 25.1 Å². The van der Waals surface area contributed by atoms with Gasteiger partial charge in [0.1, 0.15) is 25.4 Å². The smallest absolute Gasteiger partial charge is 0.330 e. The van der Waals surface area contributed by atoms with Crippen LogP contribution < -0.4 is 0 Å². The van der Waals surface area contributed by atoms with Crippen LogP contribution in [0.5, 0.6) is 0 Å². The fraction of sp³-hybridized carbons (Fsp3) is 0.633. The molecule has 1 aromatic rings. The Labute approximate surface area is 254 Å². The van der Waals surface area contributed by atoms with Gasteiger partial charge in [-0.1, -0.05) is 13.2 Å². The molecule has 0 aliphatic carbocycles. The van der Waals surface area contributed by atoms with E-state index in [-0.39, 0.29) is 63.4 Å². The predicted molar refractivity (Wildman–Crippen MR) is 157 cm³/mol. The fourth-order valence-electron chi connectivity index (χ4n) is 3.56. The zero-order valence-corrected chi connectivity index (χ0v) is 25.8. The maximum absolute atomic E-state index is 12.5. The zero-order chi connectivity index (χ0) is 32.0. The second-order valence-corrected chi connectivity index (χ2v) is 10.1. The molecular weight excluding hydrogens is 562 g/mol. The molecule has 0 radical (unpaired) electrons. The van der Waals surface area contributed by atoms with Gasteiger partial charge in [0.15, 0.2) is 0 Å². The van der Waals surface area contributed by atoms with Crippen molar-refractivity contribution in [2.45, 2.75) is 77.9 Å². The molecule has 0 bridgehead atoms. The Morgan fingerprint density at radius 1 is 0.767 bits per heavy atom. The summed E-state index contributed by atoms with van der Waals surface area (Å²) in [6, 6.07) is 0. The third-order valence-corrected chi connectivity index (χ3v) is 5.87. The van der Waals surface area contributed by atoms with Gasteiger partial charge >= 0.3 is 23.9 Å². The second-order valence-electron chi connectivity index (χ2n) is 10.1. The molecule has 0 fully saturated rings. The molecule has 0 aromatic carbocycles. The third kappa shape index (κ3) is 19.3. The van der Waals surface area contributed by atoms with Crippen LogP contribution in [0.2, 0.25) is 0 Å². The standard InChI is InChI=1S/C30H47N3O10/c1-7-27(34)40-18-23(3)39-21-26(6)43-30(37)11-16-32(13-9-14-33-17-12-31-22-33)15-10-29(36)41-19-24(4)38-20-25(5)42-28(35)8-2/h7-8,12,17,22-26H,1-2,9-11,13-16,18-21H2,3-6H3. The van der Waals surface area contributed by atoms with E-state index in [2.05, 4.69) is 18.1 Å². The molecule has 1 rings (SSSR count). The van der Waals surface area contributed by atoms with E-state index in [9.17, 15) is 19.2 Å². The van der Waals surface area contributed by atoms with Gasteiger partial charge in [0.25, 0.3) is 0 Å². The van der Waals surface area contributed by atoms with Gasteiger partial charge in [-0.3, -0.25) is 9.59 Å². The number of esters is 4. The minimum atomic E-state index is -0.531. The van der Waals surface area contributed by atoms with Gasteiger partial charge in [-0.15, -0.1) is 0 Å². The molecule has 4 atom stereocenters. The Morgan fingerprint density at radius 3 is 1.93 bits per heavy atom. The van der Waals surface area contributed by atoms with Crippen LogP contribution in [0.3, 0.4) is 0 Å². The monoisotopic (exact) mass is 609 g/mol. The van der Waals surface area contributed by atoms with Gasteiger partial charge in [0, 0.05) is 44.2 Å². The molecule has 13 nitrogen and oxygen atoms in total. The topological polar surface area (TPSA) is 145 Å². The van der Waals surface area contributed by atoms with Gasteiger partial charge in [-0.05, 0) is 40.7 Å². The zero-order valence-electron chi connectivity index (χ0n) is 25.8. The molecule has 0 aliphatic rings. The van der Waals surface area contributed by atoms with E-state index in [1.54, 1.807) is 40.2 Å². The second kappa shape index (κ2) is 22.1. The highest BCUT2D eigenvalue weighted by atomic mass is 16.6. The third-order valence-electron chi connectivity index (χ3n) is 5.87. The van der Waals surface area contributed by atoms with Gasteiger partial charge in [-0.25, -0.2) is 14.6 Å². The molecule has 0 spiro atoms. The summed E-state index contributed by atoms with van der Waals surface area (Å²) < 4.78 is 33.9. The van der Waals surface area contributed by atoms with Crippen molar-refractivity contribution in [3.8, 4) is 0 Å². The number of rotatable bonds is 24. The van der Waals surface area contributed by atoms with Crippen molar-refractivity contribution in [2.24, 2.45) is 0 Å². The number of aryl methyl sites for hydroxylation is 1. The molecule has 13 heteroatoms. The van der Waals surface area contributed by atoms with Crippen LogP contribution in [-0.2, 0) is 54.1 Å². The van der Waals surface area contributed by atoms with E-state index in [1.165, 1.54) is 0 Å². The van der Waals surface area contributed by atoms with Crippen molar-refractivity contribution < 1.29 is 47.6 Å². The summed E-state index contributed by atoms with van der Waals surface area (Å²) in [5.74, 6) is -1.83. The van der Waals surface area contributed by atoms with Crippen molar-refractivity contribution in [1.82, 2.24) is 14.5 Å². The lowest BCUT2D eigenvalue weighted by Crippen LogP contribution is -2.32. The highest BCUT2D eigenvalue weighted by Gasteiger charge is 2.17. The van der Waals surface area contributed by atoms with Crippen molar-refractivity contribution in [1.29, 1.82) is 0 Å². The molecule has 4 unspecified atom stereocenters. The number of hydrogen-bond acceptors (Lipinski definition) is 12. The first-order valence-corrected chi connectivity index (χ1v) is 14.4. The first-order chi connectivity index (χ1) is 20.5. The average Bonchev–Trinajstić information content (AvgIpc) is 3.51. The average molecular weight is 610 g/mol. The summed E-state index contributed by atoms with van der Waals surface area (Å²) in [4.78, 5) is 53.4. The number of nitrogens with zero attached hydrogens (tertiary/aromatic N) is 3. The van der Waals surface area contributed by atoms with Gasteiger partial charge in [0.2, 0.25) is 0 Å². The molecule has 0 aliphatic heterocycles. The summed E-state index contributed by atoms with van der Waals surface area (Å²) in [6.45, 7) is 16.2. The van der Waals surface area contributed by atoms with Crippen LogP contribution in [0.25, 0.3) is 0 Å². The van der Waals surface area contributed by atoms with Crippen molar-refractivity contribution >= 4 is 23.9 Å². The number of imidazole rings is 1. The Balaban J connectivity index is 2.44. The Hall–Kier alpha value is -3.55. The summed E-state index contributed by atoms with van der Waals surface area (Å²) in [5.41, 5.74) is 0. The molecule has 242 valence electrons. The number of ether oxygens (including phenoxy) is 6. The van der Waals surface area contributed by atoms with E-state index < -0.39 is 24.1 Å². The highest BCUT2D eigenvalue weighted by molar-refractivity contribution is 5.81. The minimum absolute atomic E-state index is 0.0587. The predicted octanol–water partition coefficient (Wildman–Crippen LogP) is 2.49. The number of carbonyl (C=O) groups excluding carboxylic acids is 4. The van der Waals surface area contributed by atoms with Crippen LogP contribution in [-0.4, -0.2) is 109 Å². The van der Waals surface area contributed by atoms with Crippen LogP contribution in [0.15, 0.2) is 44.0 Å². The van der Waals surface area contributed by atoms with Crippen LogP contribution in [0.1, 0.15) is 47.0 Å². The van der Waals surface area contributed by atoms with Gasteiger partial charge < -0.3 is 37.9 Å². The van der Waals surface area contributed by atoms with Gasteiger partial charge in [-0.2, -0.15) is 0 Å². The lowest BCUT2D eigenvalue weighted by Gasteiger charge is -2.23. The normalized spacial score (nSPS) is 13.8. The number of aromatic nitrogens is 2. The van der Waals surface area contributed by atoms with Crippen molar-refractivity contribution in [3.05, 3.63) is 44.0 Å². The Morgan fingerprint density at radius 2 is 1.35 bits per heavy atom.